The molecule has 0 saturated heterocycles. The fraction of sp³-hybridized carbons (Fsp3) is 0.222. The third-order valence-electron chi connectivity index (χ3n) is 3.93. The highest BCUT2D eigenvalue weighted by Crippen LogP contribution is 2.31. The molecule has 0 bridgehead atoms. The SMILES string of the molecule is Cc1ccc2c(c1)CC(C)(C(=O)Nc1ccccc1Cl)OC2=O. The van der Waals surface area contributed by atoms with Crippen molar-refractivity contribution in [2.75, 3.05) is 5.32 Å². The number of benzene rings is 2. The summed E-state index contributed by atoms with van der Waals surface area (Å²) in [5.41, 5.74) is 1.59. The fourth-order valence-corrected chi connectivity index (χ4v) is 2.85. The quantitative estimate of drug-likeness (QED) is 0.853. The highest BCUT2D eigenvalue weighted by Gasteiger charge is 2.42. The van der Waals surface area contributed by atoms with E-state index in [4.69, 9.17) is 16.3 Å². The van der Waals surface area contributed by atoms with Gasteiger partial charge in [-0.1, -0.05) is 41.4 Å². The van der Waals surface area contributed by atoms with E-state index in [1.165, 1.54) is 0 Å². The van der Waals surface area contributed by atoms with Crippen molar-refractivity contribution in [1.29, 1.82) is 0 Å². The molecule has 0 aromatic heterocycles. The summed E-state index contributed by atoms with van der Waals surface area (Å²) >= 11 is 6.06. The highest BCUT2D eigenvalue weighted by molar-refractivity contribution is 6.33. The predicted molar refractivity (Wildman–Crippen MR) is 88.8 cm³/mol. The van der Waals surface area contributed by atoms with Crippen LogP contribution < -0.4 is 5.32 Å². The van der Waals surface area contributed by atoms with Crippen LogP contribution in [0.15, 0.2) is 42.5 Å². The normalized spacial score (nSPS) is 19.7. The molecule has 1 N–H and O–H groups in total. The Morgan fingerprint density at radius 2 is 2.00 bits per heavy atom. The lowest BCUT2D eigenvalue weighted by molar-refractivity contribution is -0.134. The van der Waals surface area contributed by atoms with Crippen LogP contribution in [0.4, 0.5) is 5.69 Å². The number of cyclic esters (lactones) is 1. The van der Waals surface area contributed by atoms with Crippen molar-refractivity contribution in [1.82, 2.24) is 0 Å². The van der Waals surface area contributed by atoms with Gasteiger partial charge in [0.05, 0.1) is 16.3 Å². The number of rotatable bonds is 2. The smallest absolute Gasteiger partial charge is 0.339 e. The standard InChI is InChI=1S/C18H16ClNO3/c1-11-7-8-13-12(9-11)10-18(2,23-16(13)21)17(22)20-15-6-4-3-5-14(15)19/h3-9H,10H2,1-2H3,(H,20,22). The Morgan fingerprint density at radius 1 is 1.26 bits per heavy atom. The van der Waals surface area contributed by atoms with Gasteiger partial charge in [-0.2, -0.15) is 0 Å². The number of ether oxygens (including phenoxy) is 1. The number of para-hydroxylation sites is 1. The van der Waals surface area contributed by atoms with E-state index in [0.29, 0.717) is 22.7 Å². The summed E-state index contributed by atoms with van der Waals surface area (Å²) in [6.07, 6.45) is 0.325. The number of anilines is 1. The van der Waals surface area contributed by atoms with Gasteiger partial charge < -0.3 is 10.1 Å². The first kappa shape index (κ1) is 15.6. The monoisotopic (exact) mass is 329 g/mol. The Hall–Kier alpha value is -2.33. The van der Waals surface area contributed by atoms with E-state index in [1.54, 1.807) is 37.3 Å². The lowest BCUT2D eigenvalue weighted by Gasteiger charge is -2.33. The summed E-state index contributed by atoms with van der Waals surface area (Å²) in [4.78, 5) is 24.8. The summed E-state index contributed by atoms with van der Waals surface area (Å²) in [6.45, 7) is 3.56. The molecule has 118 valence electrons. The van der Waals surface area contributed by atoms with E-state index in [0.717, 1.165) is 11.1 Å². The molecule has 1 aliphatic heterocycles. The van der Waals surface area contributed by atoms with Crippen LogP contribution in [-0.4, -0.2) is 17.5 Å². The molecule has 0 fully saturated rings. The van der Waals surface area contributed by atoms with E-state index in [-0.39, 0.29) is 0 Å². The maximum Gasteiger partial charge on any atom is 0.339 e. The predicted octanol–water partition coefficient (Wildman–Crippen LogP) is 3.76. The molecule has 2 aromatic rings. The first-order valence-electron chi connectivity index (χ1n) is 7.28. The fourth-order valence-electron chi connectivity index (χ4n) is 2.67. The molecule has 1 atom stereocenters. The van der Waals surface area contributed by atoms with Crippen molar-refractivity contribution < 1.29 is 14.3 Å². The van der Waals surface area contributed by atoms with Crippen LogP contribution in [0.3, 0.4) is 0 Å². The van der Waals surface area contributed by atoms with E-state index >= 15 is 0 Å². The van der Waals surface area contributed by atoms with Gasteiger partial charge >= 0.3 is 5.97 Å². The summed E-state index contributed by atoms with van der Waals surface area (Å²) in [5.74, 6) is -0.880. The van der Waals surface area contributed by atoms with Crippen molar-refractivity contribution in [2.24, 2.45) is 0 Å². The number of amides is 1. The maximum atomic E-state index is 12.6. The number of hydrogen-bond donors (Lipinski definition) is 1. The van der Waals surface area contributed by atoms with Crippen molar-refractivity contribution in [3.05, 3.63) is 64.2 Å². The van der Waals surface area contributed by atoms with Crippen molar-refractivity contribution in [3.63, 3.8) is 0 Å². The van der Waals surface area contributed by atoms with Gasteiger partial charge in [-0.25, -0.2) is 4.79 Å². The molecule has 23 heavy (non-hydrogen) atoms. The van der Waals surface area contributed by atoms with Crippen LogP contribution in [0.25, 0.3) is 0 Å². The second-order valence-electron chi connectivity index (χ2n) is 5.89. The number of carbonyl (C=O) groups excluding carboxylic acids is 2. The van der Waals surface area contributed by atoms with Gasteiger partial charge in [0.2, 0.25) is 0 Å². The zero-order valence-electron chi connectivity index (χ0n) is 12.9. The van der Waals surface area contributed by atoms with Crippen LogP contribution in [0, 0.1) is 6.92 Å². The van der Waals surface area contributed by atoms with Crippen LogP contribution in [-0.2, 0) is 16.0 Å². The number of halogens is 1. The molecule has 4 nitrogen and oxygen atoms in total. The third kappa shape index (κ3) is 2.94. The zero-order valence-corrected chi connectivity index (χ0v) is 13.6. The van der Waals surface area contributed by atoms with Crippen molar-refractivity contribution >= 4 is 29.2 Å². The van der Waals surface area contributed by atoms with Gasteiger partial charge in [0.15, 0.2) is 5.60 Å². The van der Waals surface area contributed by atoms with E-state index in [2.05, 4.69) is 5.32 Å². The van der Waals surface area contributed by atoms with Gasteiger partial charge in [0.1, 0.15) is 0 Å². The number of aryl methyl sites for hydroxylation is 1. The third-order valence-corrected chi connectivity index (χ3v) is 4.26. The molecule has 1 aliphatic rings. The number of hydrogen-bond acceptors (Lipinski definition) is 3. The van der Waals surface area contributed by atoms with Gasteiger partial charge in [-0.05, 0) is 37.6 Å². The number of fused-ring (bicyclic) bond motifs is 1. The lowest BCUT2D eigenvalue weighted by Crippen LogP contribution is -2.49. The Kier molecular flexibility index (Phi) is 3.86. The molecule has 3 rings (SSSR count). The zero-order chi connectivity index (χ0) is 16.6. The summed E-state index contributed by atoms with van der Waals surface area (Å²) in [5, 5.41) is 3.17. The second kappa shape index (κ2) is 5.70. The molecule has 1 amide bonds. The maximum absolute atomic E-state index is 12.6. The lowest BCUT2D eigenvalue weighted by atomic mass is 9.88. The van der Waals surface area contributed by atoms with E-state index in [9.17, 15) is 9.59 Å². The van der Waals surface area contributed by atoms with Gasteiger partial charge in [0, 0.05) is 6.42 Å². The van der Waals surface area contributed by atoms with Gasteiger partial charge in [-0.3, -0.25) is 4.79 Å². The first-order chi connectivity index (χ1) is 10.9. The Morgan fingerprint density at radius 3 is 2.74 bits per heavy atom. The van der Waals surface area contributed by atoms with Crippen LogP contribution >= 0.6 is 11.6 Å². The number of carbonyl (C=O) groups is 2. The minimum absolute atomic E-state index is 0.325. The van der Waals surface area contributed by atoms with Crippen LogP contribution in [0.2, 0.25) is 5.02 Å². The molecule has 1 heterocycles. The average molecular weight is 330 g/mol. The molecule has 2 aromatic carbocycles. The molecule has 0 spiro atoms. The van der Waals surface area contributed by atoms with Gasteiger partial charge in [-0.15, -0.1) is 0 Å². The van der Waals surface area contributed by atoms with Crippen LogP contribution in [0.5, 0.6) is 0 Å². The molecule has 5 heteroatoms. The van der Waals surface area contributed by atoms with Crippen molar-refractivity contribution in [3.8, 4) is 0 Å². The second-order valence-corrected chi connectivity index (χ2v) is 6.30. The average Bonchev–Trinajstić information content (AvgIpc) is 2.48. The number of esters is 1. The van der Waals surface area contributed by atoms with E-state index in [1.807, 2.05) is 19.1 Å². The summed E-state index contributed by atoms with van der Waals surface area (Å²) in [7, 11) is 0. The van der Waals surface area contributed by atoms with Crippen LogP contribution in [0.1, 0.15) is 28.4 Å². The first-order valence-corrected chi connectivity index (χ1v) is 7.66. The van der Waals surface area contributed by atoms with E-state index < -0.39 is 17.5 Å². The number of nitrogens with one attached hydrogen (secondary N) is 1. The molecule has 0 saturated carbocycles. The Labute approximate surface area is 139 Å². The molecule has 1 unspecified atom stereocenters. The van der Waals surface area contributed by atoms with Crippen molar-refractivity contribution in [2.45, 2.75) is 25.9 Å². The molecule has 0 radical (unpaired) electrons. The Balaban J connectivity index is 1.89. The highest BCUT2D eigenvalue weighted by atomic mass is 35.5. The molecular weight excluding hydrogens is 314 g/mol. The summed E-state index contributed by atoms with van der Waals surface area (Å²) < 4.78 is 5.42. The topological polar surface area (TPSA) is 55.4 Å². The molecule has 0 aliphatic carbocycles. The Bertz CT molecular complexity index is 803. The summed E-state index contributed by atoms with van der Waals surface area (Å²) in [6, 6.07) is 12.4. The minimum Gasteiger partial charge on any atom is -0.445 e. The largest absolute Gasteiger partial charge is 0.445 e. The minimum atomic E-state index is -1.27. The molecular formula is C18H16ClNO3. The van der Waals surface area contributed by atoms with Gasteiger partial charge in [0.25, 0.3) is 5.91 Å².